The first-order chi connectivity index (χ1) is 7.36. The van der Waals surface area contributed by atoms with Gasteiger partial charge in [-0.05, 0) is 41.0 Å². The van der Waals surface area contributed by atoms with E-state index in [9.17, 15) is 4.79 Å². The Morgan fingerprint density at radius 2 is 1.65 bits per heavy atom. The molecule has 0 aliphatic heterocycles. The van der Waals surface area contributed by atoms with E-state index in [2.05, 4.69) is 37.9 Å². The summed E-state index contributed by atoms with van der Waals surface area (Å²) in [6, 6.07) is 0.680. The van der Waals surface area contributed by atoms with Crippen molar-refractivity contribution < 1.29 is 4.79 Å². The molecular weight excluding hydrogens is 238 g/mol. The molecule has 0 aliphatic carbocycles. The van der Waals surface area contributed by atoms with Crippen LogP contribution >= 0.6 is 12.4 Å². The second kappa shape index (κ2) is 9.68. The van der Waals surface area contributed by atoms with Gasteiger partial charge in [0, 0.05) is 25.2 Å². The Hall–Kier alpha value is -0.320. The Kier molecular flexibility index (Phi) is 10.8. The molecule has 0 saturated heterocycles. The molecule has 17 heavy (non-hydrogen) atoms. The average Bonchev–Trinajstić information content (AvgIpc) is 2.15. The molecule has 1 atom stereocenters. The maximum atomic E-state index is 11.2. The third-order valence-electron chi connectivity index (χ3n) is 2.63. The van der Waals surface area contributed by atoms with Gasteiger partial charge < -0.3 is 11.1 Å². The number of hydrogen-bond donors (Lipinski definition) is 2. The fraction of sp³-hybridized carbons (Fsp3) is 0.917. The molecular formula is C12H28ClN3O. The molecule has 1 unspecified atom stereocenters. The van der Waals surface area contributed by atoms with E-state index in [-0.39, 0.29) is 18.3 Å². The number of nitrogens with two attached hydrogens (primary N) is 1. The van der Waals surface area contributed by atoms with E-state index in [0.29, 0.717) is 18.6 Å². The van der Waals surface area contributed by atoms with Crippen LogP contribution in [0.25, 0.3) is 0 Å². The number of rotatable bonds is 7. The Morgan fingerprint density at radius 1 is 1.18 bits per heavy atom. The Bertz CT molecular complexity index is 200. The van der Waals surface area contributed by atoms with Crippen LogP contribution in [-0.4, -0.2) is 42.0 Å². The van der Waals surface area contributed by atoms with Crippen molar-refractivity contribution in [3.63, 3.8) is 0 Å². The molecule has 0 aliphatic rings. The number of halogens is 1. The highest BCUT2D eigenvalue weighted by atomic mass is 35.5. The van der Waals surface area contributed by atoms with Crippen molar-refractivity contribution in [3.8, 4) is 0 Å². The van der Waals surface area contributed by atoms with E-state index >= 15 is 0 Å². The van der Waals surface area contributed by atoms with Gasteiger partial charge in [-0.3, -0.25) is 9.69 Å². The van der Waals surface area contributed by atoms with Crippen LogP contribution in [0.2, 0.25) is 0 Å². The lowest BCUT2D eigenvalue weighted by atomic mass is 10.2. The van der Waals surface area contributed by atoms with E-state index in [1.807, 2.05) is 0 Å². The van der Waals surface area contributed by atoms with Crippen molar-refractivity contribution in [1.29, 1.82) is 0 Å². The zero-order valence-electron chi connectivity index (χ0n) is 11.7. The largest absolute Gasteiger partial charge is 0.355 e. The predicted molar refractivity (Wildman–Crippen MR) is 75.5 cm³/mol. The summed E-state index contributed by atoms with van der Waals surface area (Å²) in [5.74, 6) is -0.0688. The molecule has 0 radical (unpaired) electrons. The molecule has 0 aromatic rings. The van der Waals surface area contributed by atoms with E-state index in [1.165, 1.54) is 0 Å². The first-order valence-electron chi connectivity index (χ1n) is 6.15. The van der Waals surface area contributed by atoms with Crippen LogP contribution < -0.4 is 11.1 Å². The summed E-state index contributed by atoms with van der Waals surface area (Å²) in [4.78, 5) is 13.6. The number of carbonyl (C=O) groups is 1. The van der Waals surface area contributed by atoms with Gasteiger partial charge in [0.25, 0.3) is 0 Å². The maximum absolute atomic E-state index is 11.2. The van der Waals surface area contributed by atoms with E-state index < -0.39 is 6.04 Å². The van der Waals surface area contributed by atoms with Crippen LogP contribution in [0.1, 0.15) is 41.0 Å². The second-order valence-electron chi connectivity index (χ2n) is 4.86. The smallest absolute Gasteiger partial charge is 0.236 e. The highest BCUT2D eigenvalue weighted by Crippen LogP contribution is 2.05. The van der Waals surface area contributed by atoms with Gasteiger partial charge in [-0.2, -0.15) is 0 Å². The topological polar surface area (TPSA) is 58.4 Å². The van der Waals surface area contributed by atoms with Gasteiger partial charge in [0.05, 0.1) is 6.04 Å². The molecule has 5 heteroatoms. The van der Waals surface area contributed by atoms with Crippen LogP contribution in [0.3, 0.4) is 0 Å². The number of nitrogens with one attached hydrogen (secondary N) is 1. The number of carbonyl (C=O) groups excluding carboxylic acids is 1. The summed E-state index contributed by atoms with van der Waals surface area (Å²) in [7, 11) is 0. The van der Waals surface area contributed by atoms with Crippen molar-refractivity contribution in [3.05, 3.63) is 0 Å². The van der Waals surface area contributed by atoms with Crippen LogP contribution in [0.5, 0.6) is 0 Å². The molecule has 1 amide bonds. The Labute approximate surface area is 112 Å². The fourth-order valence-electron chi connectivity index (χ4n) is 1.75. The van der Waals surface area contributed by atoms with Gasteiger partial charge in [0.15, 0.2) is 0 Å². The van der Waals surface area contributed by atoms with Crippen LogP contribution in [0, 0.1) is 0 Å². The van der Waals surface area contributed by atoms with Crippen LogP contribution in [-0.2, 0) is 4.79 Å². The van der Waals surface area contributed by atoms with Gasteiger partial charge in [0.2, 0.25) is 5.91 Å². The van der Waals surface area contributed by atoms with Crippen molar-refractivity contribution in [2.45, 2.75) is 59.2 Å². The fourth-order valence-corrected chi connectivity index (χ4v) is 1.75. The van der Waals surface area contributed by atoms with Crippen LogP contribution in [0.15, 0.2) is 0 Å². The molecule has 0 fully saturated rings. The molecule has 0 aromatic carbocycles. The maximum Gasteiger partial charge on any atom is 0.236 e. The highest BCUT2D eigenvalue weighted by molar-refractivity contribution is 5.85. The first kappa shape index (κ1) is 19.0. The monoisotopic (exact) mass is 265 g/mol. The van der Waals surface area contributed by atoms with Gasteiger partial charge in [-0.1, -0.05) is 0 Å². The lowest BCUT2D eigenvalue weighted by molar-refractivity contribution is -0.121. The minimum Gasteiger partial charge on any atom is -0.355 e. The van der Waals surface area contributed by atoms with Gasteiger partial charge in [-0.25, -0.2) is 0 Å². The summed E-state index contributed by atoms with van der Waals surface area (Å²) in [5, 5.41) is 2.82. The average molecular weight is 266 g/mol. The molecule has 4 nitrogen and oxygen atoms in total. The zero-order chi connectivity index (χ0) is 12.7. The third kappa shape index (κ3) is 8.41. The Morgan fingerprint density at radius 3 is 2.00 bits per heavy atom. The normalized spacial score (nSPS) is 12.8. The minimum absolute atomic E-state index is 0. The Balaban J connectivity index is 0. The predicted octanol–water partition coefficient (Wildman–Crippen LogP) is 1.38. The van der Waals surface area contributed by atoms with Crippen molar-refractivity contribution in [2.24, 2.45) is 5.73 Å². The molecule has 104 valence electrons. The van der Waals surface area contributed by atoms with Crippen molar-refractivity contribution in [1.82, 2.24) is 10.2 Å². The molecule has 0 aromatic heterocycles. The third-order valence-corrected chi connectivity index (χ3v) is 2.63. The second-order valence-corrected chi connectivity index (χ2v) is 4.86. The SMILES string of the molecule is CC(N)C(=O)NCCCN(C(C)C)C(C)C.Cl. The summed E-state index contributed by atoms with van der Waals surface area (Å²) < 4.78 is 0. The molecule has 0 rings (SSSR count). The summed E-state index contributed by atoms with van der Waals surface area (Å²) in [6.07, 6.45) is 0.967. The van der Waals surface area contributed by atoms with E-state index in [0.717, 1.165) is 13.0 Å². The number of amides is 1. The first-order valence-corrected chi connectivity index (χ1v) is 6.15. The lowest BCUT2D eigenvalue weighted by Gasteiger charge is -2.30. The van der Waals surface area contributed by atoms with Gasteiger partial charge in [-0.15, -0.1) is 12.4 Å². The van der Waals surface area contributed by atoms with Crippen molar-refractivity contribution >= 4 is 18.3 Å². The lowest BCUT2D eigenvalue weighted by Crippen LogP contribution is -2.41. The number of nitrogens with zero attached hydrogens (tertiary/aromatic N) is 1. The van der Waals surface area contributed by atoms with Gasteiger partial charge >= 0.3 is 0 Å². The minimum atomic E-state index is -0.411. The molecule has 3 N–H and O–H groups in total. The van der Waals surface area contributed by atoms with Gasteiger partial charge in [0.1, 0.15) is 0 Å². The zero-order valence-corrected chi connectivity index (χ0v) is 12.5. The number of hydrogen-bond acceptors (Lipinski definition) is 3. The summed E-state index contributed by atoms with van der Waals surface area (Å²) in [5.41, 5.74) is 5.45. The summed E-state index contributed by atoms with van der Waals surface area (Å²) >= 11 is 0. The molecule has 0 spiro atoms. The molecule has 0 saturated carbocycles. The molecule has 0 bridgehead atoms. The van der Waals surface area contributed by atoms with E-state index in [1.54, 1.807) is 6.92 Å². The summed E-state index contributed by atoms with van der Waals surface area (Å²) in [6.45, 7) is 12.2. The standard InChI is InChI=1S/C12H27N3O.ClH/c1-9(2)15(10(3)4)8-6-7-14-12(16)11(5)13;/h9-11H,6-8,13H2,1-5H3,(H,14,16);1H. The highest BCUT2D eigenvalue weighted by Gasteiger charge is 2.12. The quantitative estimate of drug-likeness (QED) is 0.684. The molecule has 0 heterocycles. The van der Waals surface area contributed by atoms with Crippen LogP contribution in [0.4, 0.5) is 0 Å². The van der Waals surface area contributed by atoms with E-state index in [4.69, 9.17) is 5.73 Å². The van der Waals surface area contributed by atoms with Crippen molar-refractivity contribution in [2.75, 3.05) is 13.1 Å².